The number of rotatable bonds is 4. The van der Waals surface area contributed by atoms with Gasteiger partial charge in [-0.3, -0.25) is 9.59 Å². The average molecular weight is 252 g/mol. The Hall–Kier alpha value is -1.36. The molecule has 1 saturated heterocycles. The number of thiophene rings is 1. The number of nitrogens with zero attached hydrogens (tertiary/aromatic N) is 1. The van der Waals surface area contributed by atoms with E-state index in [0.29, 0.717) is 13.0 Å². The molecular weight excluding hydrogens is 236 g/mol. The molecule has 0 aromatic carbocycles. The molecule has 1 unspecified atom stereocenters. The van der Waals surface area contributed by atoms with Gasteiger partial charge in [-0.05, 0) is 24.3 Å². The Morgan fingerprint density at radius 2 is 2.35 bits per heavy atom. The van der Waals surface area contributed by atoms with Gasteiger partial charge in [-0.1, -0.05) is 13.0 Å². The van der Waals surface area contributed by atoms with Gasteiger partial charge in [0.15, 0.2) is 0 Å². The normalized spacial score (nSPS) is 20.5. The van der Waals surface area contributed by atoms with Crippen LogP contribution in [0.4, 0.5) is 0 Å². The van der Waals surface area contributed by atoms with Crippen molar-refractivity contribution in [3.63, 3.8) is 0 Å². The van der Waals surface area contributed by atoms with Crippen LogP contribution in [0.5, 0.6) is 0 Å². The Morgan fingerprint density at radius 1 is 1.53 bits per heavy atom. The molecule has 17 heavy (non-hydrogen) atoms. The maximum atomic E-state index is 12.0. The first-order valence-electron chi connectivity index (χ1n) is 5.81. The summed E-state index contributed by atoms with van der Waals surface area (Å²) in [7, 11) is 0. The minimum atomic E-state index is -0.334. The first-order valence-corrected chi connectivity index (χ1v) is 6.69. The van der Waals surface area contributed by atoms with Crippen LogP contribution < -0.4 is 5.32 Å². The van der Waals surface area contributed by atoms with E-state index in [4.69, 9.17) is 0 Å². The van der Waals surface area contributed by atoms with E-state index in [1.165, 1.54) is 4.88 Å². The molecule has 1 fully saturated rings. The van der Waals surface area contributed by atoms with Gasteiger partial charge in [-0.2, -0.15) is 0 Å². The molecule has 2 heterocycles. The molecule has 1 aliphatic rings. The lowest BCUT2D eigenvalue weighted by molar-refractivity contribution is -0.144. The van der Waals surface area contributed by atoms with Crippen LogP contribution in [0, 0.1) is 0 Å². The number of amides is 2. The zero-order valence-corrected chi connectivity index (χ0v) is 10.6. The SMILES string of the molecule is CCC1NC(=O)CN(CCc2cccs2)C1=O. The van der Waals surface area contributed by atoms with Crippen LogP contribution in [0.1, 0.15) is 18.2 Å². The van der Waals surface area contributed by atoms with Gasteiger partial charge >= 0.3 is 0 Å². The Morgan fingerprint density at radius 3 is 3.00 bits per heavy atom. The number of hydrogen-bond acceptors (Lipinski definition) is 3. The molecule has 1 aliphatic heterocycles. The Bertz CT molecular complexity index is 403. The Labute approximate surface area is 105 Å². The second-order valence-corrected chi connectivity index (χ2v) is 5.15. The highest BCUT2D eigenvalue weighted by Gasteiger charge is 2.30. The zero-order chi connectivity index (χ0) is 12.3. The summed E-state index contributed by atoms with van der Waals surface area (Å²) >= 11 is 1.68. The molecule has 2 rings (SSSR count). The second kappa shape index (κ2) is 5.31. The number of nitrogens with one attached hydrogen (secondary N) is 1. The third-order valence-electron chi connectivity index (χ3n) is 2.90. The van der Waals surface area contributed by atoms with Crippen LogP contribution >= 0.6 is 11.3 Å². The minimum Gasteiger partial charge on any atom is -0.343 e. The largest absolute Gasteiger partial charge is 0.343 e. The van der Waals surface area contributed by atoms with Crippen LogP contribution in [-0.4, -0.2) is 35.8 Å². The zero-order valence-electron chi connectivity index (χ0n) is 9.81. The van der Waals surface area contributed by atoms with Gasteiger partial charge in [-0.15, -0.1) is 11.3 Å². The maximum Gasteiger partial charge on any atom is 0.245 e. The second-order valence-electron chi connectivity index (χ2n) is 4.12. The van der Waals surface area contributed by atoms with Crippen molar-refractivity contribution >= 4 is 23.2 Å². The van der Waals surface area contributed by atoms with E-state index in [-0.39, 0.29) is 24.4 Å². The molecule has 4 nitrogen and oxygen atoms in total. The summed E-state index contributed by atoms with van der Waals surface area (Å²) in [6, 6.07) is 3.72. The molecule has 1 aromatic heterocycles. The monoisotopic (exact) mass is 252 g/mol. The number of carbonyl (C=O) groups is 2. The number of hydrogen-bond donors (Lipinski definition) is 1. The minimum absolute atomic E-state index is 0.0451. The van der Waals surface area contributed by atoms with E-state index in [9.17, 15) is 9.59 Å². The van der Waals surface area contributed by atoms with Crippen LogP contribution in [-0.2, 0) is 16.0 Å². The Balaban J connectivity index is 1.94. The highest BCUT2D eigenvalue weighted by atomic mass is 32.1. The van der Waals surface area contributed by atoms with Gasteiger partial charge in [-0.25, -0.2) is 0 Å². The first-order chi connectivity index (χ1) is 8.20. The van der Waals surface area contributed by atoms with Crippen molar-refractivity contribution in [2.24, 2.45) is 0 Å². The topological polar surface area (TPSA) is 49.4 Å². The van der Waals surface area contributed by atoms with Crippen molar-refractivity contribution in [2.75, 3.05) is 13.1 Å². The van der Waals surface area contributed by atoms with Crippen LogP contribution in [0.2, 0.25) is 0 Å². The average Bonchev–Trinajstić information content (AvgIpc) is 2.82. The predicted octanol–water partition coefficient (Wildman–Crippen LogP) is 1.03. The molecule has 1 aromatic rings. The van der Waals surface area contributed by atoms with E-state index < -0.39 is 0 Å². The summed E-state index contributed by atoms with van der Waals surface area (Å²) in [5.41, 5.74) is 0. The van der Waals surface area contributed by atoms with Gasteiger partial charge in [0.1, 0.15) is 6.04 Å². The van der Waals surface area contributed by atoms with Gasteiger partial charge in [0, 0.05) is 11.4 Å². The molecule has 5 heteroatoms. The van der Waals surface area contributed by atoms with Gasteiger partial charge in [0.05, 0.1) is 6.54 Å². The van der Waals surface area contributed by atoms with Crippen molar-refractivity contribution < 1.29 is 9.59 Å². The third kappa shape index (κ3) is 2.85. The van der Waals surface area contributed by atoms with E-state index in [0.717, 1.165) is 6.42 Å². The van der Waals surface area contributed by atoms with Crippen molar-refractivity contribution in [3.05, 3.63) is 22.4 Å². The molecule has 92 valence electrons. The number of piperazine rings is 1. The van der Waals surface area contributed by atoms with Gasteiger partial charge in [0.2, 0.25) is 11.8 Å². The predicted molar refractivity (Wildman–Crippen MR) is 66.8 cm³/mol. The Kier molecular flexibility index (Phi) is 3.78. The maximum absolute atomic E-state index is 12.0. The van der Waals surface area contributed by atoms with Crippen molar-refractivity contribution in [2.45, 2.75) is 25.8 Å². The summed E-state index contributed by atoms with van der Waals surface area (Å²) in [5, 5.41) is 4.73. The summed E-state index contributed by atoms with van der Waals surface area (Å²) in [6.45, 7) is 2.73. The summed E-state index contributed by atoms with van der Waals surface area (Å²) in [4.78, 5) is 26.3. The van der Waals surface area contributed by atoms with E-state index in [2.05, 4.69) is 11.4 Å². The highest BCUT2D eigenvalue weighted by molar-refractivity contribution is 7.09. The fourth-order valence-corrected chi connectivity index (χ4v) is 2.64. The molecule has 0 spiro atoms. The molecule has 0 radical (unpaired) electrons. The lowest BCUT2D eigenvalue weighted by atomic mass is 10.1. The summed E-state index contributed by atoms with van der Waals surface area (Å²) < 4.78 is 0. The standard InChI is InChI=1S/C12H16N2O2S/c1-2-10-12(16)14(8-11(15)13-10)6-5-9-4-3-7-17-9/h3-4,7,10H,2,5-6,8H2,1H3,(H,13,15). The molecule has 1 N–H and O–H groups in total. The fourth-order valence-electron chi connectivity index (χ4n) is 1.94. The molecule has 2 amide bonds. The fraction of sp³-hybridized carbons (Fsp3) is 0.500. The first kappa shape index (κ1) is 12.1. The van der Waals surface area contributed by atoms with Gasteiger partial charge in [0.25, 0.3) is 0 Å². The van der Waals surface area contributed by atoms with Crippen LogP contribution in [0.3, 0.4) is 0 Å². The molecule has 0 bridgehead atoms. The third-order valence-corrected chi connectivity index (χ3v) is 3.83. The van der Waals surface area contributed by atoms with E-state index in [1.54, 1.807) is 16.2 Å². The van der Waals surface area contributed by atoms with E-state index >= 15 is 0 Å². The van der Waals surface area contributed by atoms with Gasteiger partial charge < -0.3 is 10.2 Å². The summed E-state index contributed by atoms with van der Waals surface area (Å²) in [6.07, 6.45) is 1.48. The van der Waals surface area contributed by atoms with Crippen molar-refractivity contribution in [3.8, 4) is 0 Å². The van der Waals surface area contributed by atoms with Crippen LogP contribution in [0.25, 0.3) is 0 Å². The lowest BCUT2D eigenvalue weighted by Crippen LogP contribution is -2.58. The molecule has 0 saturated carbocycles. The summed E-state index contributed by atoms with van der Waals surface area (Å²) in [5.74, 6) is -0.00807. The highest BCUT2D eigenvalue weighted by Crippen LogP contribution is 2.12. The molecule has 1 atom stereocenters. The lowest BCUT2D eigenvalue weighted by Gasteiger charge is -2.31. The van der Waals surface area contributed by atoms with Crippen molar-refractivity contribution in [1.82, 2.24) is 10.2 Å². The number of carbonyl (C=O) groups excluding carboxylic acids is 2. The van der Waals surface area contributed by atoms with Crippen LogP contribution in [0.15, 0.2) is 17.5 Å². The van der Waals surface area contributed by atoms with Crippen molar-refractivity contribution in [1.29, 1.82) is 0 Å². The molecule has 0 aliphatic carbocycles. The quantitative estimate of drug-likeness (QED) is 0.870. The van der Waals surface area contributed by atoms with E-state index in [1.807, 2.05) is 18.4 Å². The molecular formula is C12H16N2O2S. The smallest absolute Gasteiger partial charge is 0.245 e.